The van der Waals surface area contributed by atoms with Gasteiger partial charge in [0.25, 0.3) is 0 Å². The standard InChI is InChI=1S/C17H15Cl3N2O5S/c1-27-17(24)10-3-5-12(19)14(7-10)21-16(23)9-22(28(2,25)26)15-6-4-11(18)8-13(15)20/h3-8H,9H2,1-2H3,(H,21,23). The number of hydrogen-bond acceptors (Lipinski definition) is 5. The number of nitrogens with one attached hydrogen (secondary N) is 1. The van der Waals surface area contributed by atoms with Gasteiger partial charge in [-0.15, -0.1) is 0 Å². The van der Waals surface area contributed by atoms with Crippen molar-refractivity contribution in [2.75, 3.05) is 29.5 Å². The van der Waals surface area contributed by atoms with E-state index in [1.807, 2.05) is 0 Å². The minimum absolute atomic E-state index is 0.0662. The second-order valence-electron chi connectivity index (χ2n) is 5.60. The van der Waals surface area contributed by atoms with E-state index >= 15 is 0 Å². The first kappa shape index (κ1) is 22.3. The van der Waals surface area contributed by atoms with E-state index in [-0.39, 0.29) is 27.0 Å². The highest BCUT2D eigenvalue weighted by atomic mass is 35.5. The molecule has 0 aliphatic carbocycles. The van der Waals surface area contributed by atoms with Gasteiger partial charge in [-0.05, 0) is 36.4 Å². The number of carbonyl (C=O) groups is 2. The molecule has 0 bridgehead atoms. The number of halogens is 3. The lowest BCUT2D eigenvalue weighted by Crippen LogP contribution is -2.37. The molecule has 0 aliphatic rings. The van der Waals surface area contributed by atoms with E-state index in [1.165, 1.54) is 43.5 Å². The molecule has 0 heterocycles. The first-order chi connectivity index (χ1) is 13.0. The lowest BCUT2D eigenvalue weighted by atomic mass is 10.2. The monoisotopic (exact) mass is 464 g/mol. The van der Waals surface area contributed by atoms with E-state index in [2.05, 4.69) is 10.1 Å². The molecule has 0 spiro atoms. The van der Waals surface area contributed by atoms with Gasteiger partial charge in [0.1, 0.15) is 6.54 Å². The lowest BCUT2D eigenvalue weighted by molar-refractivity contribution is -0.114. The number of hydrogen-bond donors (Lipinski definition) is 1. The van der Waals surface area contributed by atoms with Gasteiger partial charge in [-0.25, -0.2) is 13.2 Å². The van der Waals surface area contributed by atoms with Crippen LogP contribution in [-0.2, 0) is 19.6 Å². The molecule has 1 N–H and O–H groups in total. The van der Waals surface area contributed by atoms with Crippen LogP contribution >= 0.6 is 34.8 Å². The van der Waals surface area contributed by atoms with Crippen molar-refractivity contribution >= 4 is 68.1 Å². The summed E-state index contributed by atoms with van der Waals surface area (Å²) >= 11 is 18.0. The highest BCUT2D eigenvalue weighted by molar-refractivity contribution is 7.92. The lowest BCUT2D eigenvalue weighted by Gasteiger charge is -2.23. The van der Waals surface area contributed by atoms with Crippen LogP contribution in [0.5, 0.6) is 0 Å². The number of esters is 1. The molecule has 28 heavy (non-hydrogen) atoms. The highest BCUT2D eigenvalue weighted by Gasteiger charge is 2.23. The van der Waals surface area contributed by atoms with Gasteiger partial charge in [0.15, 0.2) is 0 Å². The highest BCUT2D eigenvalue weighted by Crippen LogP contribution is 2.30. The summed E-state index contributed by atoms with van der Waals surface area (Å²) < 4.78 is 29.8. The fourth-order valence-corrected chi connectivity index (χ4v) is 3.84. The molecular formula is C17H15Cl3N2O5S. The number of methoxy groups -OCH3 is 1. The van der Waals surface area contributed by atoms with Crippen molar-refractivity contribution in [3.05, 3.63) is 57.0 Å². The third-order valence-electron chi connectivity index (χ3n) is 3.53. The molecule has 7 nitrogen and oxygen atoms in total. The average Bonchev–Trinajstić information content (AvgIpc) is 2.60. The molecule has 0 saturated heterocycles. The smallest absolute Gasteiger partial charge is 0.337 e. The van der Waals surface area contributed by atoms with Crippen molar-refractivity contribution in [1.82, 2.24) is 0 Å². The Balaban J connectivity index is 2.29. The van der Waals surface area contributed by atoms with Crippen LogP contribution in [0.3, 0.4) is 0 Å². The van der Waals surface area contributed by atoms with E-state index in [4.69, 9.17) is 34.8 Å². The van der Waals surface area contributed by atoms with Gasteiger partial charge in [0.2, 0.25) is 15.9 Å². The molecule has 11 heteroatoms. The number of nitrogens with zero attached hydrogens (tertiary/aromatic N) is 1. The van der Waals surface area contributed by atoms with Gasteiger partial charge in [-0.3, -0.25) is 9.10 Å². The second kappa shape index (κ2) is 9.00. The molecule has 0 aliphatic heterocycles. The van der Waals surface area contributed by atoms with Gasteiger partial charge in [-0.2, -0.15) is 0 Å². The molecule has 1 amide bonds. The van der Waals surface area contributed by atoms with Gasteiger partial charge in [0.05, 0.1) is 40.3 Å². The van der Waals surface area contributed by atoms with Crippen LogP contribution in [0.4, 0.5) is 11.4 Å². The zero-order valence-corrected chi connectivity index (χ0v) is 17.8. The van der Waals surface area contributed by atoms with E-state index in [0.717, 1.165) is 10.6 Å². The molecule has 0 fully saturated rings. The van der Waals surface area contributed by atoms with Crippen LogP contribution in [-0.4, -0.2) is 40.2 Å². The molecule has 2 rings (SSSR count). The van der Waals surface area contributed by atoms with Crippen LogP contribution in [0.25, 0.3) is 0 Å². The first-order valence-electron chi connectivity index (χ1n) is 7.63. The normalized spacial score (nSPS) is 11.0. The maximum absolute atomic E-state index is 12.5. The molecule has 2 aromatic rings. The zero-order chi connectivity index (χ0) is 21.1. The Morgan fingerprint density at radius 3 is 2.32 bits per heavy atom. The summed E-state index contributed by atoms with van der Waals surface area (Å²) in [5.74, 6) is -1.31. The predicted octanol–water partition coefficient (Wildman–Crippen LogP) is 3.84. The molecule has 0 atom stereocenters. The minimum atomic E-state index is -3.84. The van der Waals surface area contributed by atoms with Crippen LogP contribution in [0, 0.1) is 0 Å². The maximum atomic E-state index is 12.5. The van der Waals surface area contributed by atoms with Gasteiger partial charge in [-0.1, -0.05) is 34.8 Å². The van der Waals surface area contributed by atoms with Crippen molar-refractivity contribution in [3.8, 4) is 0 Å². The number of amides is 1. The molecule has 0 saturated carbocycles. The Hall–Kier alpha value is -2.00. The topological polar surface area (TPSA) is 92.8 Å². The zero-order valence-electron chi connectivity index (χ0n) is 14.7. The maximum Gasteiger partial charge on any atom is 0.337 e. The van der Waals surface area contributed by atoms with Crippen molar-refractivity contribution in [2.45, 2.75) is 0 Å². The molecule has 0 unspecified atom stereocenters. The average molecular weight is 466 g/mol. The summed E-state index contributed by atoms with van der Waals surface area (Å²) in [6.07, 6.45) is 0.941. The van der Waals surface area contributed by atoms with E-state index in [0.29, 0.717) is 5.02 Å². The van der Waals surface area contributed by atoms with Crippen molar-refractivity contribution < 1.29 is 22.7 Å². The summed E-state index contributed by atoms with van der Waals surface area (Å²) in [4.78, 5) is 24.1. The number of rotatable bonds is 6. The van der Waals surface area contributed by atoms with E-state index < -0.39 is 28.4 Å². The van der Waals surface area contributed by atoms with E-state index in [1.54, 1.807) is 0 Å². The van der Waals surface area contributed by atoms with Gasteiger partial charge >= 0.3 is 5.97 Å². The van der Waals surface area contributed by atoms with Gasteiger partial charge in [0, 0.05) is 5.02 Å². The molecule has 0 radical (unpaired) electrons. The summed E-state index contributed by atoms with van der Waals surface area (Å²) in [6.45, 7) is -0.570. The molecule has 150 valence electrons. The molecule has 2 aromatic carbocycles. The molecular weight excluding hydrogens is 451 g/mol. The number of anilines is 2. The second-order valence-corrected chi connectivity index (χ2v) is 8.76. The van der Waals surface area contributed by atoms with Crippen LogP contribution < -0.4 is 9.62 Å². The minimum Gasteiger partial charge on any atom is -0.465 e. The summed E-state index contributed by atoms with van der Waals surface area (Å²) in [5.41, 5.74) is 0.395. The Labute approximate surface area is 177 Å². The summed E-state index contributed by atoms with van der Waals surface area (Å²) in [5, 5.41) is 3.03. The summed E-state index contributed by atoms with van der Waals surface area (Å²) in [6, 6.07) is 8.38. The Kier molecular flexibility index (Phi) is 7.16. The Morgan fingerprint density at radius 2 is 1.75 bits per heavy atom. The number of carbonyl (C=O) groups excluding carboxylic acids is 2. The number of benzene rings is 2. The van der Waals surface area contributed by atoms with Crippen LogP contribution in [0.2, 0.25) is 15.1 Å². The first-order valence-corrected chi connectivity index (χ1v) is 10.6. The fraction of sp³-hybridized carbons (Fsp3) is 0.176. The van der Waals surface area contributed by atoms with Gasteiger partial charge < -0.3 is 10.1 Å². The van der Waals surface area contributed by atoms with Crippen molar-refractivity contribution in [1.29, 1.82) is 0 Å². The SMILES string of the molecule is COC(=O)c1ccc(Cl)c(NC(=O)CN(c2ccc(Cl)cc2Cl)S(C)(=O)=O)c1. The third-order valence-corrected chi connectivity index (χ3v) is 5.52. The predicted molar refractivity (Wildman–Crippen MR) is 110 cm³/mol. The van der Waals surface area contributed by atoms with Crippen LogP contribution in [0.15, 0.2) is 36.4 Å². The van der Waals surface area contributed by atoms with Crippen molar-refractivity contribution in [3.63, 3.8) is 0 Å². The Morgan fingerprint density at radius 1 is 1.07 bits per heavy atom. The quantitative estimate of drug-likeness (QED) is 0.654. The largest absolute Gasteiger partial charge is 0.465 e. The van der Waals surface area contributed by atoms with Crippen LogP contribution in [0.1, 0.15) is 10.4 Å². The number of sulfonamides is 1. The van der Waals surface area contributed by atoms with E-state index in [9.17, 15) is 18.0 Å². The molecule has 0 aromatic heterocycles. The Bertz CT molecular complexity index is 1030. The van der Waals surface area contributed by atoms with Crippen molar-refractivity contribution in [2.24, 2.45) is 0 Å². The fourth-order valence-electron chi connectivity index (χ4n) is 2.25. The summed E-state index contributed by atoms with van der Waals surface area (Å²) in [7, 11) is -2.62. The number of ether oxygens (including phenoxy) is 1. The third kappa shape index (κ3) is 5.51.